The number of hydrogen-bond donors (Lipinski definition) is 0. The van der Waals surface area contributed by atoms with Gasteiger partial charge >= 0.3 is 0 Å². The molecule has 3 nitrogen and oxygen atoms in total. The molecular formula is C16H13NO2. The quantitative estimate of drug-likeness (QED) is 0.441. The molecule has 0 amide bonds. The van der Waals surface area contributed by atoms with Crippen LogP contribution in [0.3, 0.4) is 0 Å². The van der Waals surface area contributed by atoms with Crippen LogP contribution in [-0.4, -0.2) is 4.92 Å². The van der Waals surface area contributed by atoms with Gasteiger partial charge in [0.1, 0.15) is 0 Å². The summed E-state index contributed by atoms with van der Waals surface area (Å²) < 4.78 is 0. The van der Waals surface area contributed by atoms with E-state index in [0.717, 1.165) is 11.1 Å². The normalized spacial score (nSPS) is 9.58. The zero-order valence-electron chi connectivity index (χ0n) is 10.8. The third-order valence-corrected chi connectivity index (χ3v) is 2.94. The lowest BCUT2D eigenvalue weighted by Gasteiger charge is -1.98. The second kappa shape index (κ2) is 5.36. The summed E-state index contributed by atoms with van der Waals surface area (Å²) in [6, 6.07) is 12.3. The molecule has 0 atom stereocenters. The molecule has 0 aromatic heterocycles. The molecule has 0 radical (unpaired) electrons. The highest BCUT2D eigenvalue weighted by molar-refractivity contribution is 5.47. The molecule has 3 heteroatoms. The minimum Gasteiger partial charge on any atom is -0.258 e. The van der Waals surface area contributed by atoms with Crippen LogP contribution in [0.15, 0.2) is 42.5 Å². The number of nitrogens with zero attached hydrogens (tertiary/aromatic N) is 1. The van der Waals surface area contributed by atoms with Crippen molar-refractivity contribution in [1.29, 1.82) is 0 Å². The van der Waals surface area contributed by atoms with E-state index in [1.807, 2.05) is 25.1 Å². The molecule has 0 N–H and O–H groups in total. The average Bonchev–Trinajstić information content (AvgIpc) is 2.40. The van der Waals surface area contributed by atoms with Crippen molar-refractivity contribution in [3.05, 3.63) is 74.8 Å². The summed E-state index contributed by atoms with van der Waals surface area (Å²) in [6.45, 7) is 4.11. The van der Waals surface area contributed by atoms with E-state index in [9.17, 15) is 10.1 Å². The fraction of sp³-hybridized carbons (Fsp3) is 0.125. The molecule has 94 valence electrons. The molecule has 0 heterocycles. The first-order valence-electron chi connectivity index (χ1n) is 5.90. The predicted octanol–water partition coefficient (Wildman–Crippen LogP) is 3.61. The highest BCUT2D eigenvalue weighted by Gasteiger charge is 2.02. The molecule has 0 fully saturated rings. The maximum atomic E-state index is 10.5. The monoisotopic (exact) mass is 251 g/mol. The molecule has 2 aromatic carbocycles. The predicted molar refractivity (Wildman–Crippen MR) is 75.0 cm³/mol. The average molecular weight is 251 g/mol. The Labute approximate surface area is 112 Å². The number of benzene rings is 2. The van der Waals surface area contributed by atoms with E-state index in [1.165, 1.54) is 23.3 Å². The largest absolute Gasteiger partial charge is 0.269 e. The zero-order valence-corrected chi connectivity index (χ0v) is 10.8. The molecule has 2 aromatic rings. The van der Waals surface area contributed by atoms with Crippen molar-refractivity contribution >= 4 is 5.69 Å². The van der Waals surface area contributed by atoms with Crippen molar-refractivity contribution in [3.8, 4) is 11.8 Å². The van der Waals surface area contributed by atoms with E-state index in [-0.39, 0.29) is 5.69 Å². The standard InChI is InChI=1S/C16H13NO2/c1-12-3-4-15(11-13(12)2)6-5-14-7-9-16(10-8-14)17(18)19/h3-4,7-11H,1-2H3. The Hall–Kier alpha value is -2.60. The molecule has 19 heavy (non-hydrogen) atoms. The van der Waals surface area contributed by atoms with Crippen LogP contribution in [0.5, 0.6) is 0 Å². The molecule has 0 unspecified atom stereocenters. The third-order valence-electron chi connectivity index (χ3n) is 2.94. The number of non-ortho nitro benzene ring substituents is 1. The van der Waals surface area contributed by atoms with Crippen LogP contribution >= 0.6 is 0 Å². The van der Waals surface area contributed by atoms with Crippen LogP contribution in [0.1, 0.15) is 22.3 Å². The van der Waals surface area contributed by atoms with E-state index >= 15 is 0 Å². The molecule has 0 saturated heterocycles. The minimum atomic E-state index is -0.416. The Morgan fingerprint density at radius 2 is 1.47 bits per heavy atom. The van der Waals surface area contributed by atoms with E-state index in [2.05, 4.69) is 18.8 Å². The van der Waals surface area contributed by atoms with Crippen LogP contribution in [0, 0.1) is 35.8 Å². The third kappa shape index (κ3) is 3.20. The van der Waals surface area contributed by atoms with Gasteiger partial charge in [0.25, 0.3) is 5.69 Å². The molecule has 0 saturated carbocycles. The minimum absolute atomic E-state index is 0.0803. The fourth-order valence-corrected chi connectivity index (χ4v) is 1.63. The van der Waals surface area contributed by atoms with Crippen LogP contribution in [-0.2, 0) is 0 Å². The van der Waals surface area contributed by atoms with E-state index in [0.29, 0.717) is 0 Å². The smallest absolute Gasteiger partial charge is 0.258 e. The van der Waals surface area contributed by atoms with Gasteiger partial charge in [0, 0.05) is 23.3 Å². The Morgan fingerprint density at radius 3 is 2.05 bits per heavy atom. The highest BCUT2D eigenvalue weighted by Crippen LogP contribution is 2.12. The Balaban J connectivity index is 2.23. The molecule has 0 spiro atoms. The number of aryl methyl sites for hydroxylation is 2. The van der Waals surface area contributed by atoms with Gasteiger partial charge in [-0.1, -0.05) is 17.9 Å². The Morgan fingerprint density at radius 1 is 0.895 bits per heavy atom. The molecule has 2 rings (SSSR count). The Kier molecular flexibility index (Phi) is 3.63. The van der Waals surface area contributed by atoms with Gasteiger partial charge in [0.15, 0.2) is 0 Å². The molecular weight excluding hydrogens is 238 g/mol. The van der Waals surface area contributed by atoms with Crippen molar-refractivity contribution < 1.29 is 4.92 Å². The molecule has 0 aliphatic heterocycles. The zero-order chi connectivity index (χ0) is 13.8. The Bertz CT molecular complexity index is 676. The summed E-state index contributed by atoms with van der Waals surface area (Å²) in [6.07, 6.45) is 0. The lowest BCUT2D eigenvalue weighted by atomic mass is 10.1. The first kappa shape index (κ1) is 12.8. The summed E-state index contributed by atoms with van der Waals surface area (Å²) in [7, 11) is 0. The van der Waals surface area contributed by atoms with Gasteiger partial charge in [-0.15, -0.1) is 0 Å². The molecule has 0 aliphatic rings. The summed E-state index contributed by atoms with van der Waals surface area (Å²) in [5.74, 6) is 6.06. The van der Waals surface area contributed by atoms with Crippen LogP contribution in [0.4, 0.5) is 5.69 Å². The van der Waals surface area contributed by atoms with E-state index < -0.39 is 4.92 Å². The highest BCUT2D eigenvalue weighted by atomic mass is 16.6. The first-order valence-corrected chi connectivity index (χ1v) is 5.90. The van der Waals surface area contributed by atoms with Gasteiger partial charge < -0.3 is 0 Å². The SMILES string of the molecule is Cc1ccc(C#Cc2ccc([N+](=O)[O-])cc2)cc1C. The van der Waals surface area contributed by atoms with Crippen LogP contribution in [0.25, 0.3) is 0 Å². The van der Waals surface area contributed by atoms with E-state index in [1.54, 1.807) is 12.1 Å². The summed E-state index contributed by atoms with van der Waals surface area (Å²) >= 11 is 0. The lowest BCUT2D eigenvalue weighted by molar-refractivity contribution is -0.384. The van der Waals surface area contributed by atoms with Gasteiger partial charge in [-0.3, -0.25) is 10.1 Å². The maximum absolute atomic E-state index is 10.5. The van der Waals surface area contributed by atoms with Gasteiger partial charge in [0.05, 0.1) is 4.92 Å². The maximum Gasteiger partial charge on any atom is 0.269 e. The topological polar surface area (TPSA) is 43.1 Å². The summed E-state index contributed by atoms with van der Waals surface area (Å²) in [5, 5.41) is 10.5. The number of nitro benzene ring substituents is 1. The van der Waals surface area contributed by atoms with Crippen LogP contribution < -0.4 is 0 Å². The second-order valence-electron chi connectivity index (χ2n) is 4.35. The van der Waals surface area contributed by atoms with Gasteiger partial charge in [0.2, 0.25) is 0 Å². The number of hydrogen-bond acceptors (Lipinski definition) is 2. The van der Waals surface area contributed by atoms with Crippen LogP contribution in [0.2, 0.25) is 0 Å². The van der Waals surface area contributed by atoms with E-state index in [4.69, 9.17) is 0 Å². The van der Waals surface area contributed by atoms with Crippen molar-refractivity contribution in [1.82, 2.24) is 0 Å². The fourth-order valence-electron chi connectivity index (χ4n) is 1.63. The molecule has 0 bridgehead atoms. The van der Waals surface area contributed by atoms with Crippen molar-refractivity contribution in [2.24, 2.45) is 0 Å². The van der Waals surface area contributed by atoms with Gasteiger partial charge in [-0.05, 0) is 49.2 Å². The summed E-state index contributed by atoms with van der Waals surface area (Å²) in [4.78, 5) is 10.1. The number of rotatable bonds is 1. The van der Waals surface area contributed by atoms with Gasteiger partial charge in [-0.25, -0.2) is 0 Å². The first-order chi connectivity index (χ1) is 9.06. The van der Waals surface area contributed by atoms with Gasteiger partial charge in [-0.2, -0.15) is 0 Å². The van der Waals surface area contributed by atoms with Crippen molar-refractivity contribution in [3.63, 3.8) is 0 Å². The van der Waals surface area contributed by atoms with Crippen molar-refractivity contribution in [2.45, 2.75) is 13.8 Å². The van der Waals surface area contributed by atoms with Crippen molar-refractivity contribution in [2.75, 3.05) is 0 Å². The number of nitro groups is 1. The lowest BCUT2D eigenvalue weighted by Crippen LogP contribution is -1.87. The summed E-state index contributed by atoms with van der Waals surface area (Å²) in [5.41, 5.74) is 4.23. The second-order valence-corrected chi connectivity index (χ2v) is 4.35. The molecule has 0 aliphatic carbocycles.